The van der Waals surface area contributed by atoms with E-state index < -0.39 is 11.4 Å². The summed E-state index contributed by atoms with van der Waals surface area (Å²) in [7, 11) is 0. The van der Waals surface area contributed by atoms with E-state index in [-0.39, 0.29) is 18.6 Å². The molecule has 0 aromatic rings. The van der Waals surface area contributed by atoms with E-state index in [0.29, 0.717) is 0 Å². The number of Topliss-reactive ketones (excluding diaryl/α,β-unsaturated/α-hetero) is 1. The highest BCUT2D eigenvalue weighted by Gasteiger charge is 2.48. The van der Waals surface area contributed by atoms with Gasteiger partial charge in [-0.05, 0) is 0 Å². The molecular formula is C7H6O3. The zero-order chi connectivity index (χ0) is 7.78. The predicted octanol–water partition coefficient (Wildman–Crippen LogP) is 0.0535. The first-order valence-corrected chi connectivity index (χ1v) is 2.83. The maximum atomic E-state index is 10.4. The molecule has 0 heterocycles. The van der Waals surface area contributed by atoms with Crippen LogP contribution in [0.2, 0.25) is 0 Å². The van der Waals surface area contributed by atoms with E-state index in [1.807, 2.05) is 0 Å². The number of ketones is 1. The summed E-state index contributed by atoms with van der Waals surface area (Å²) in [4.78, 5) is 20.8. The number of carbonyl (C=O) groups is 2. The van der Waals surface area contributed by atoms with Gasteiger partial charge in [0.05, 0.1) is 0 Å². The highest BCUT2D eigenvalue weighted by Crippen LogP contribution is 2.37. The average molecular weight is 138 g/mol. The third kappa shape index (κ3) is 0.695. The third-order valence-electron chi connectivity index (χ3n) is 1.68. The number of hydrogen-bond donors (Lipinski definition) is 1. The fourth-order valence-electron chi connectivity index (χ4n) is 0.936. The Morgan fingerprint density at radius 2 is 2.20 bits per heavy atom. The second kappa shape index (κ2) is 1.84. The number of carbonyl (C=O) groups excluding carboxylic acids is 1. The number of carboxylic acid groups (broad SMARTS) is 1. The Morgan fingerprint density at radius 3 is 2.30 bits per heavy atom. The molecule has 0 aromatic carbocycles. The number of rotatable bonds is 1. The Kier molecular flexibility index (Phi) is 1.26. The summed E-state index contributed by atoms with van der Waals surface area (Å²) >= 11 is 0. The first kappa shape index (κ1) is 6.81. The van der Waals surface area contributed by atoms with E-state index in [9.17, 15) is 9.59 Å². The lowest BCUT2D eigenvalue weighted by molar-refractivity contribution is -0.155. The standard InChI is InChI=1S/C7H6O3/c1-2-7(6(9)10)3-5(8)4-7/h1H,3-4H2,(H,9,10). The Bertz CT molecular complexity index is 226. The SMILES string of the molecule is C#CC1(C(=O)O)CC(=O)C1. The van der Waals surface area contributed by atoms with Crippen molar-refractivity contribution in [1.29, 1.82) is 0 Å². The molecule has 52 valence electrons. The Morgan fingerprint density at radius 1 is 1.70 bits per heavy atom. The van der Waals surface area contributed by atoms with Crippen LogP contribution in [0.3, 0.4) is 0 Å². The highest BCUT2D eigenvalue weighted by atomic mass is 16.4. The molecule has 0 aromatic heterocycles. The third-order valence-corrected chi connectivity index (χ3v) is 1.68. The summed E-state index contributed by atoms with van der Waals surface area (Å²) < 4.78 is 0. The van der Waals surface area contributed by atoms with Crippen molar-refractivity contribution >= 4 is 11.8 Å². The summed E-state index contributed by atoms with van der Waals surface area (Å²) in [5.74, 6) is 0.995. The lowest BCUT2D eigenvalue weighted by Gasteiger charge is -2.30. The zero-order valence-electron chi connectivity index (χ0n) is 5.26. The van der Waals surface area contributed by atoms with Crippen LogP contribution in [-0.4, -0.2) is 16.9 Å². The molecule has 0 amide bonds. The van der Waals surface area contributed by atoms with Gasteiger partial charge in [0.25, 0.3) is 0 Å². The molecule has 10 heavy (non-hydrogen) atoms. The van der Waals surface area contributed by atoms with Gasteiger partial charge in [0.15, 0.2) is 0 Å². The van der Waals surface area contributed by atoms with Crippen molar-refractivity contribution in [2.24, 2.45) is 5.41 Å². The van der Waals surface area contributed by atoms with E-state index >= 15 is 0 Å². The van der Waals surface area contributed by atoms with Crippen LogP contribution in [0, 0.1) is 17.8 Å². The molecule has 0 radical (unpaired) electrons. The van der Waals surface area contributed by atoms with Gasteiger partial charge in [0.2, 0.25) is 0 Å². The van der Waals surface area contributed by atoms with Crippen molar-refractivity contribution in [2.45, 2.75) is 12.8 Å². The molecule has 1 rings (SSSR count). The molecule has 1 N–H and O–H groups in total. The van der Waals surface area contributed by atoms with E-state index in [4.69, 9.17) is 11.5 Å². The number of hydrogen-bond acceptors (Lipinski definition) is 2. The first-order chi connectivity index (χ1) is 4.60. The van der Waals surface area contributed by atoms with Crippen molar-refractivity contribution in [3.8, 4) is 12.3 Å². The second-order valence-electron chi connectivity index (χ2n) is 2.42. The molecule has 3 nitrogen and oxygen atoms in total. The van der Waals surface area contributed by atoms with Crippen molar-refractivity contribution in [1.82, 2.24) is 0 Å². The van der Waals surface area contributed by atoms with Gasteiger partial charge in [-0.2, -0.15) is 0 Å². The van der Waals surface area contributed by atoms with Gasteiger partial charge in [-0.1, -0.05) is 5.92 Å². The van der Waals surface area contributed by atoms with E-state index in [1.165, 1.54) is 0 Å². The van der Waals surface area contributed by atoms with Crippen molar-refractivity contribution in [2.75, 3.05) is 0 Å². The van der Waals surface area contributed by atoms with Crippen LogP contribution in [0.4, 0.5) is 0 Å². The van der Waals surface area contributed by atoms with Crippen LogP contribution in [0.15, 0.2) is 0 Å². The first-order valence-electron chi connectivity index (χ1n) is 2.83. The molecule has 3 heteroatoms. The van der Waals surface area contributed by atoms with E-state index in [2.05, 4.69) is 5.92 Å². The molecular weight excluding hydrogens is 132 g/mol. The highest BCUT2D eigenvalue weighted by molar-refractivity contribution is 5.99. The van der Waals surface area contributed by atoms with Crippen molar-refractivity contribution < 1.29 is 14.7 Å². The summed E-state index contributed by atoms with van der Waals surface area (Å²) in [5.41, 5.74) is -1.17. The number of carboxylic acids is 1. The summed E-state index contributed by atoms with van der Waals surface area (Å²) in [6.07, 6.45) is 4.95. The molecule has 0 aliphatic heterocycles. The summed E-state index contributed by atoms with van der Waals surface area (Å²) in [6.45, 7) is 0. The Labute approximate surface area is 58.0 Å². The molecule has 0 spiro atoms. The van der Waals surface area contributed by atoms with E-state index in [0.717, 1.165) is 0 Å². The van der Waals surface area contributed by atoms with Crippen molar-refractivity contribution in [3.63, 3.8) is 0 Å². The smallest absolute Gasteiger partial charge is 0.322 e. The van der Waals surface area contributed by atoms with Crippen LogP contribution in [0.1, 0.15) is 12.8 Å². The van der Waals surface area contributed by atoms with Gasteiger partial charge in [-0.25, -0.2) is 0 Å². The van der Waals surface area contributed by atoms with Gasteiger partial charge in [-0.3, -0.25) is 9.59 Å². The summed E-state index contributed by atoms with van der Waals surface area (Å²) in [5, 5.41) is 8.51. The molecule has 0 atom stereocenters. The van der Waals surface area contributed by atoms with Crippen LogP contribution in [0.5, 0.6) is 0 Å². The fourth-order valence-corrected chi connectivity index (χ4v) is 0.936. The van der Waals surface area contributed by atoms with Gasteiger partial charge in [0, 0.05) is 12.8 Å². The molecule has 1 aliphatic carbocycles. The maximum Gasteiger partial charge on any atom is 0.322 e. The Balaban J connectivity index is 2.77. The molecule has 0 unspecified atom stereocenters. The molecule has 1 fully saturated rings. The van der Waals surface area contributed by atoms with Crippen LogP contribution in [-0.2, 0) is 9.59 Å². The van der Waals surface area contributed by atoms with Crippen LogP contribution in [0.25, 0.3) is 0 Å². The van der Waals surface area contributed by atoms with Crippen LogP contribution >= 0.6 is 0 Å². The van der Waals surface area contributed by atoms with Gasteiger partial charge in [-0.15, -0.1) is 6.42 Å². The molecule has 0 saturated heterocycles. The largest absolute Gasteiger partial charge is 0.480 e. The minimum atomic E-state index is -1.17. The minimum absolute atomic E-state index is 0.00116. The maximum absolute atomic E-state index is 10.4. The van der Waals surface area contributed by atoms with Gasteiger partial charge < -0.3 is 5.11 Å². The second-order valence-corrected chi connectivity index (χ2v) is 2.42. The predicted molar refractivity (Wildman–Crippen MR) is 33.1 cm³/mol. The zero-order valence-corrected chi connectivity index (χ0v) is 5.26. The minimum Gasteiger partial charge on any atom is -0.480 e. The topological polar surface area (TPSA) is 54.4 Å². The quantitative estimate of drug-likeness (QED) is 0.521. The lowest BCUT2D eigenvalue weighted by atomic mass is 9.69. The van der Waals surface area contributed by atoms with Gasteiger partial charge in [0.1, 0.15) is 11.2 Å². The van der Waals surface area contributed by atoms with Gasteiger partial charge >= 0.3 is 5.97 Å². The molecule has 1 aliphatic rings. The van der Waals surface area contributed by atoms with Crippen molar-refractivity contribution in [3.05, 3.63) is 0 Å². The van der Waals surface area contributed by atoms with E-state index in [1.54, 1.807) is 0 Å². The fraction of sp³-hybridized carbons (Fsp3) is 0.429. The number of terminal acetylenes is 1. The lowest BCUT2D eigenvalue weighted by Crippen LogP contribution is -2.42. The van der Waals surface area contributed by atoms with Crippen LogP contribution < -0.4 is 0 Å². The Hall–Kier alpha value is -1.30. The average Bonchev–Trinajstić information content (AvgIpc) is 1.79. The molecule has 1 saturated carbocycles. The summed E-state index contributed by atoms with van der Waals surface area (Å²) in [6, 6.07) is 0. The monoisotopic (exact) mass is 138 g/mol. The molecule has 0 bridgehead atoms. The normalized spacial score (nSPS) is 20.9. The number of aliphatic carboxylic acids is 1.